The van der Waals surface area contributed by atoms with Crippen LogP contribution < -0.4 is 5.32 Å². The van der Waals surface area contributed by atoms with Crippen molar-refractivity contribution in [3.8, 4) is 0 Å². The number of benzene rings is 1. The van der Waals surface area contributed by atoms with E-state index in [-0.39, 0.29) is 29.8 Å². The number of methoxy groups -OCH3 is 1. The van der Waals surface area contributed by atoms with E-state index in [9.17, 15) is 9.59 Å². The van der Waals surface area contributed by atoms with Crippen molar-refractivity contribution in [3.63, 3.8) is 0 Å². The number of fused-ring (bicyclic) bond motifs is 2. The van der Waals surface area contributed by atoms with Gasteiger partial charge in [-0.25, -0.2) is 0 Å². The fraction of sp³-hybridized carbons (Fsp3) is 0.636. The molecule has 6 heteroatoms. The van der Waals surface area contributed by atoms with Gasteiger partial charge in [0.05, 0.1) is 0 Å². The van der Waals surface area contributed by atoms with E-state index in [1.165, 1.54) is 11.1 Å². The molecule has 1 aromatic rings. The largest absolute Gasteiger partial charge is 0.375 e. The van der Waals surface area contributed by atoms with Crippen LogP contribution in [-0.4, -0.2) is 75.6 Å². The molecule has 1 spiro atoms. The number of nitrogens with zero attached hydrogens (tertiary/aromatic N) is 2. The molecule has 1 aliphatic heterocycles. The lowest BCUT2D eigenvalue weighted by atomic mass is 9.73. The van der Waals surface area contributed by atoms with Crippen molar-refractivity contribution in [2.45, 2.75) is 37.0 Å². The molecular weight excluding hydrogens is 354 g/mol. The maximum absolute atomic E-state index is 12.5. The molecule has 1 heterocycles. The van der Waals surface area contributed by atoms with E-state index in [2.05, 4.69) is 34.5 Å². The first-order chi connectivity index (χ1) is 13.4. The zero-order chi connectivity index (χ0) is 20.1. The molecule has 1 saturated heterocycles. The fourth-order valence-corrected chi connectivity index (χ4v) is 4.80. The summed E-state index contributed by atoms with van der Waals surface area (Å²) in [5, 5.41) is 3.05. The summed E-state index contributed by atoms with van der Waals surface area (Å²) in [6, 6.07) is 8.59. The second-order valence-electron chi connectivity index (χ2n) is 8.44. The van der Waals surface area contributed by atoms with Crippen molar-refractivity contribution in [1.82, 2.24) is 15.1 Å². The lowest BCUT2D eigenvalue weighted by Gasteiger charge is -2.40. The monoisotopic (exact) mass is 387 g/mol. The van der Waals surface area contributed by atoms with Gasteiger partial charge in [-0.2, -0.15) is 0 Å². The quantitative estimate of drug-likeness (QED) is 0.774. The molecule has 1 fully saturated rings. The van der Waals surface area contributed by atoms with Crippen molar-refractivity contribution in [3.05, 3.63) is 35.4 Å². The first-order valence-corrected chi connectivity index (χ1v) is 10.2. The molecule has 0 bridgehead atoms. The molecule has 1 atom stereocenters. The lowest BCUT2D eigenvalue weighted by Crippen LogP contribution is -2.45. The average Bonchev–Trinajstić information content (AvgIpc) is 2.96. The summed E-state index contributed by atoms with van der Waals surface area (Å²) in [6.07, 6.45) is 3.45. The standard InChI is InChI=1S/C22H33N3O3/c1-24(2)13-10-23-20(26)14-17-15-22(19-7-5-4-6-18(17)19)8-11-25(12-9-22)21(27)16-28-3/h4-7,17H,8-16H2,1-3H3,(H,23,26). The van der Waals surface area contributed by atoms with Crippen molar-refractivity contribution >= 4 is 11.8 Å². The Morgan fingerprint density at radius 3 is 2.64 bits per heavy atom. The van der Waals surface area contributed by atoms with Crippen LogP contribution >= 0.6 is 0 Å². The highest BCUT2D eigenvalue weighted by molar-refractivity contribution is 5.78. The smallest absolute Gasteiger partial charge is 0.248 e. The van der Waals surface area contributed by atoms with Crippen molar-refractivity contribution < 1.29 is 14.3 Å². The summed E-state index contributed by atoms with van der Waals surface area (Å²) < 4.78 is 5.00. The van der Waals surface area contributed by atoms with Gasteiger partial charge in [-0.15, -0.1) is 0 Å². The highest BCUT2D eigenvalue weighted by Gasteiger charge is 2.46. The Labute approximate surface area is 168 Å². The number of hydrogen-bond acceptors (Lipinski definition) is 4. The summed E-state index contributed by atoms with van der Waals surface area (Å²) >= 11 is 0. The van der Waals surface area contributed by atoms with Crippen LogP contribution in [0.3, 0.4) is 0 Å². The molecule has 1 unspecified atom stereocenters. The van der Waals surface area contributed by atoms with Crippen LogP contribution in [0.2, 0.25) is 0 Å². The van der Waals surface area contributed by atoms with E-state index in [0.717, 1.165) is 38.9 Å². The second kappa shape index (κ2) is 9.05. The first kappa shape index (κ1) is 20.8. The van der Waals surface area contributed by atoms with E-state index < -0.39 is 0 Å². The fourth-order valence-electron chi connectivity index (χ4n) is 4.80. The molecule has 28 heavy (non-hydrogen) atoms. The maximum Gasteiger partial charge on any atom is 0.248 e. The van der Waals surface area contributed by atoms with Crippen molar-refractivity contribution in [2.75, 3.05) is 54.0 Å². The first-order valence-electron chi connectivity index (χ1n) is 10.2. The molecular formula is C22H33N3O3. The molecule has 154 valence electrons. The van der Waals surface area contributed by atoms with Crippen molar-refractivity contribution in [2.24, 2.45) is 0 Å². The number of nitrogens with one attached hydrogen (secondary N) is 1. The second-order valence-corrected chi connectivity index (χ2v) is 8.44. The molecule has 3 rings (SSSR count). The maximum atomic E-state index is 12.5. The number of amides is 2. The highest BCUT2D eigenvalue weighted by Crippen LogP contribution is 2.52. The summed E-state index contributed by atoms with van der Waals surface area (Å²) in [5.74, 6) is 0.462. The summed E-state index contributed by atoms with van der Waals surface area (Å²) in [6.45, 7) is 3.21. The SMILES string of the molecule is COCC(=O)N1CCC2(CC1)CC(CC(=O)NCCN(C)C)c1ccccc12. The van der Waals surface area contributed by atoms with Gasteiger partial charge in [-0.3, -0.25) is 9.59 Å². The number of carbonyl (C=O) groups excluding carboxylic acids is 2. The Morgan fingerprint density at radius 2 is 1.96 bits per heavy atom. The number of hydrogen-bond donors (Lipinski definition) is 1. The van der Waals surface area contributed by atoms with Gasteiger partial charge in [-0.05, 0) is 55.8 Å². The normalized spacial score (nSPS) is 20.4. The van der Waals surface area contributed by atoms with Gasteiger partial charge in [0, 0.05) is 39.7 Å². The molecule has 2 amide bonds. The van der Waals surface area contributed by atoms with Gasteiger partial charge >= 0.3 is 0 Å². The van der Waals surface area contributed by atoms with Crippen LogP contribution in [0.15, 0.2) is 24.3 Å². The van der Waals surface area contributed by atoms with Crippen molar-refractivity contribution in [1.29, 1.82) is 0 Å². The minimum Gasteiger partial charge on any atom is -0.375 e. The summed E-state index contributed by atoms with van der Waals surface area (Å²) in [4.78, 5) is 28.6. The molecule has 2 aliphatic rings. The van der Waals surface area contributed by atoms with E-state index in [4.69, 9.17) is 4.74 Å². The van der Waals surface area contributed by atoms with E-state index in [1.807, 2.05) is 19.0 Å². The third-order valence-corrected chi connectivity index (χ3v) is 6.26. The number of ether oxygens (including phenoxy) is 1. The summed E-state index contributed by atoms with van der Waals surface area (Å²) in [7, 11) is 5.57. The van der Waals surface area contributed by atoms with Crippen LogP contribution in [0.5, 0.6) is 0 Å². The predicted molar refractivity (Wildman–Crippen MR) is 109 cm³/mol. The van der Waals surface area contributed by atoms with Crippen LogP contribution in [0.1, 0.15) is 42.7 Å². The number of carbonyl (C=O) groups is 2. The number of likely N-dealkylation sites (tertiary alicyclic amines) is 1. The zero-order valence-electron chi connectivity index (χ0n) is 17.4. The van der Waals surface area contributed by atoms with E-state index in [0.29, 0.717) is 13.0 Å². The van der Waals surface area contributed by atoms with Gasteiger partial charge in [0.1, 0.15) is 6.61 Å². The minimum atomic E-state index is 0.0699. The third kappa shape index (κ3) is 4.55. The van der Waals surface area contributed by atoms with Crippen LogP contribution in [-0.2, 0) is 19.7 Å². The van der Waals surface area contributed by atoms with E-state index >= 15 is 0 Å². The third-order valence-electron chi connectivity index (χ3n) is 6.26. The molecule has 1 N–H and O–H groups in total. The molecule has 0 radical (unpaired) electrons. The summed E-state index contributed by atoms with van der Waals surface area (Å²) in [5.41, 5.74) is 2.80. The Hall–Kier alpha value is -1.92. The van der Waals surface area contributed by atoms with Crippen LogP contribution in [0.4, 0.5) is 0 Å². The average molecular weight is 388 g/mol. The van der Waals surface area contributed by atoms with E-state index in [1.54, 1.807) is 7.11 Å². The molecule has 0 aromatic heterocycles. The number of rotatable bonds is 7. The van der Waals surface area contributed by atoms with Gasteiger partial charge in [-0.1, -0.05) is 24.3 Å². The molecule has 1 aromatic carbocycles. The minimum absolute atomic E-state index is 0.0699. The molecule has 6 nitrogen and oxygen atoms in total. The Bertz CT molecular complexity index is 696. The van der Waals surface area contributed by atoms with Gasteiger partial charge in [0.25, 0.3) is 0 Å². The van der Waals surface area contributed by atoms with Crippen LogP contribution in [0, 0.1) is 0 Å². The Kier molecular flexibility index (Phi) is 6.73. The Morgan fingerprint density at radius 1 is 1.25 bits per heavy atom. The number of likely N-dealkylation sites (N-methyl/N-ethyl adjacent to an activating group) is 1. The van der Waals surface area contributed by atoms with Crippen LogP contribution in [0.25, 0.3) is 0 Å². The molecule has 0 saturated carbocycles. The lowest BCUT2D eigenvalue weighted by molar-refractivity contribution is -0.136. The highest BCUT2D eigenvalue weighted by atomic mass is 16.5. The van der Waals surface area contributed by atoms with Gasteiger partial charge in [0.2, 0.25) is 11.8 Å². The Balaban J connectivity index is 1.66. The van der Waals surface area contributed by atoms with Gasteiger partial charge < -0.3 is 19.9 Å². The molecule has 1 aliphatic carbocycles. The zero-order valence-corrected chi connectivity index (χ0v) is 17.4. The van der Waals surface area contributed by atoms with Gasteiger partial charge in [0.15, 0.2) is 0 Å². The topological polar surface area (TPSA) is 61.9 Å². The number of piperidine rings is 1. The predicted octanol–water partition coefficient (Wildman–Crippen LogP) is 1.75.